The van der Waals surface area contributed by atoms with Gasteiger partial charge in [0, 0.05) is 30.7 Å². The van der Waals surface area contributed by atoms with Crippen molar-refractivity contribution in [3.05, 3.63) is 54.6 Å². The molecule has 3 rings (SSSR count). The quantitative estimate of drug-likeness (QED) is 0.556. The van der Waals surface area contributed by atoms with Crippen LogP contribution in [0.25, 0.3) is 0 Å². The SMILES string of the molecule is CS(=O)(=O)CCC(NS(=O)(=O)c1ccccc1)C(=O)Nc1ccc(N2CCCCCC2)cc1. The van der Waals surface area contributed by atoms with Crippen molar-refractivity contribution in [2.24, 2.45) is 0 Å². The Kier molecular flexibility index (Phi) is 8.50. The molecular weight excluding hydrogens is 462 g/mol. The number of hydrogen-bond acceptors (Lipinski definition) is 6. The second-order valence-electron chi connectivity index (χ2n) is 8.34. The average Bonchev–Trinajstić information content (AvgIpc) is 3.07. The van der Waals surface area contributed by atoms with Crippen LogP contribution in [0.1, 0.15) is 32.1 Å². The maximum Gasteiger partial charge on any atom is 0.242 e. The summed E-state index contributed by atoms with van der Waals surface area (Å²) >= 11 is 0. The van der Waals surface area contributed by atoms with E-state index in [9.17, 15) is 21.6 Å². The number of anilines is 2. The normalized spacial score (nSPS) is 16.1. The molecule has 1 aliphatic heterocycles. The molecule has 10 heteroatoms. The fourth-order valence-corrected chi connectivity index (χ4v) is 5.66. The molecule has 0 aliphatic carbocycles. The Morgan fingerprint density at radius 1 is 0.909 bits per heavy atom. The van der Waals surface area contributed by atoms with Crippen LogP contribution >= 0.6 is 0 Å². The van der Waals surface area contributed by atoms with Gasteiger partial charge >= 0.3 is 0 Å². The van der Waals surface area contributed by atoms with Crippen LogP contribution in [0.4, 0.5) is 11.4 Å². The van der Waals surface area contributed by atoms with Gasteiger partial charge in [-0.25, -0.2) is 16.8 Å². The predicted molar refractivity (Wildman–Crippen MR) is 131 cm³/mol. The number of benzene rings is 2. The first-order chi connectivity index (χ1) is 15.6. The van der Waals surface area contributed by atoms with E-state index in [4.69, 9.17) is 0 Å². The first-order valence-electron chi connectivity index (χ1n) is 11.0. The minimum Gasteiger partial charge on any atom is -0.372 e. The Hall–Kier alpha value is -2.43. The van der Waals surface area contributed by atoms with Crippen LogP contribution in [-0.2, 0) is 24.7 Å². The smallest absolute Gasteiger partial charge is 0.242 e. The van der Waals surface area contributed by atoms with Crippen LogP contribution in [0.2, 0.25) is 0 Å². The molecule has 0 bridgehead atoms. The third kappa shape index (κ3) is 7.83. The van der Waals surface area contributed by atoms with E-state index < -0.39 is 31.8 Å². The summed E-state index contributed by atoms with van der Waals surface area (Å²) in [5.74, 6) is -0.934. The lowest BCUT2D eigenvalue weighted by Gasteiger charge is -2.23. The van der Waals surface area contributed by atoms with Gasteiger partial charge in [0.25, 0.3) is 0 Å². The summed E-state index contributed by atoms with van der Waals surface area (Å²) in [6.07, 6.45) is 5.65. The van der Waals surface area contributed by atoms with Crippen molar-refractivity contribution < 1.29 is 21.6 Å². The molecule has 1 atom stereocenters. The van der Waals surface area contributed by atoms with Crippen LogP contribution in [0.3, 0.4) is 0 Å². The largest absolute Gasteiger partial charge is 0.372 e. The van der Waals surface area contributed by atoms with Crippen LogP contribution in [0, 0.1) is 0 Å². The van der Waals surface area contributed by atoms with Gasteiger partial charge in [0.2, 0.25) is 15.9 Å². The van der Waals surface area contributed by atoms with Crippen molar-refractivity contribution in [1.82, 2.24) is 4.72 Å². The zero-order chi connectivity index (χ0) is 23.9. The number of rotatable bonds is 9. The Labute approximate surface area is 196 Å². The lowest BCUT2D eigenvalue weighted by molar-refractivity contribution is -0.117. The monoisotopic (exact) mass is 493 g/mol. The number of sulfone groups is 1. The molecule has 8 nitrogen and oxygen atoms in total. The van der Waals surface area contributed by atoms with E-state index in [1.807, 2.05) is 12.1 Å². The number of carbonyl (C=O) groups is 1. The van der Waals surface area contributed by atoms with Gasteiger partial charge in [-0.3, -0.25) is 4.79 Å². The van der Waals surface area contributed by atoms with Crippen LogP contribution in [-0.4, -0.2) is 53.9 Å². The predicted octanol–water partition coefficient (Wildman–Crippen LogP) is 2.79. The van der Waals surface area contributed by atoms with E-state index in [-0.39, 0.29) is 17.1 Å². The number of amides is 1. The Balaban J connectivity index is 1.72. The minimum atomic E-state index is -4.00. The third-order valence-corrected chi connectivity index (χ3v) is 8.02. The Bertz CT molecular complexity index is 1130. The summed E-state index contributed by atoms with van der Waals surface area (Å²) in [5, 5.41) is 2.72. The van der Waals surface area contributed by atoms with Gasteiger partial charge in [-0.1, -0.05) is 31.0 Å². The van der Waals surface area contributed by atoms with E-state index in [2.05, 4.69) is 14.9 Å². The van der Waals surface area contributed by atoms with Gasteiger partial charge in [-0.2, -0.15) is 4.72 Å². The molecule has 1 unspecified atom stereocenters. The maximum atomic E-state index is 12.9. The van der Waals surface area contributed by atoms with Crippen LogP contribution in [0.5, 0.6) is 0 Å². The maximum absolute atomic E-state index is 12.9. The second kappa shape index (κ2) is 11.1. The van der Waals surface area contributed by atoms with E-state index in [1.54, 1.807) is 30.3 Å². The molecule has 1 saturated heterocycles. The molecule has 0 radical (unpaired) electrons. The fraction of sp³-hybridized carbons (Fsp3) is 0.435. The summed E-state index contributed by atoms with van der Waals surface area (Å²) in [6.45, 7) is 2.00. The molecule has 0 aromatic heterocycles. The van der Waals surface area contributed by atoms with Gasteiger partial charge < -0.3 is 10.2 Å². The molecule has 1 heterocycles. The van der Waals surface area contributed by atoms with Gasteiger partial charge in [-0.05, 0) is 55.7 Å². The van der Waals surface area contributed by atoms with Crippen molar-refractivity contribution in [3.8, 4) is 0 Å². The molecular formula is C23H31N3O5S2. The summed E-state index contributed by atoms with van der Waals surface area (Å²) in [5.41, 5.74) is 1.59. The first-order valence-corrected chi connectivity index (χ1v) is 14.6. The zero-order valence-electron chi connectivity index (χ0n) is 18.7. The average molecular weight is 494 g/mol. The summed E-state index contributed by atoms with van der Waals surface area (Å²) < 4.78 is 51.1. The highest BCUT2D eigenvalue weighted by molar-refractivity contribution is 7.90. The van der Waals surface area contributed by atoms with E-state index in [0.29, 0.717) is 5.69 Å². The van der Waals surface area contributed by atoms with Gasteiger partial charge in [0.1, 0.15) is 15.9 Å². The number of hydrogen-bond donors (Lipinski definition) is 2. The van der Waals surface area contributed by atoms with Crippen LogP contribution in [0.15, 0.2) is 59.5 Å². The van der Waals surface area contributed by atoms with Crippen molar-refractivity contribution in [3.63, 3.8) is 0 Å². The molecule has 1 aliphatic rings. The summed E-state index contributed by atoms with van der Waals surface area (Å²) in [6, 6.07) is 13.8. The van der Waals surface area contributed by atoms with Gasteiger partial charge in [0.15, 0.2) is 0 Å². The van der Waals surface area contributed by atoms with Crippen LogP contribution < -0.4 is 14.9 Å². The number of nitrogens with zero attached hydrogens (tertiary/aromatic N) is 1. The Morgan fingerprint density at radius 2 is 1.52 bits per heavy atom. The molecule has 0 spiro atoms. The highest BCUT2D eigenvalue weighted by Crippen LogP contribution is 2.22. The standard InChI is InChI=1S/C23H31N3O5S2/c1-32(28,29)18-15-22(25-33(30,31)21-9-5-4-6-10-21)23(27)24-19-11-13-20(14-12-19)26-16-7-2-3-8-17-26/h4-6,9-14,22,25H,2-3,7-8,15-18H2,1H3,(H,24,27). The fourth-order valence-electron chi connectivity index (χ4n) is 3.74. The molecule has 180 valence electrons. The van der Waals surface area contributed by atoms with Gasteiger partial charge in [-0.15, -0.1) is 0 Å². The molecule has 2 aromatic carbocycles. The topological polar surface area (TPSA) is 113 Å². The molecule has 0 saturated carbocycles. The van der Waals surface area contributed by atoms with E-state index in [1.165, 1.54) is 25.0 Å². The molecule has 2 aromatic rings. The second-order valence-corrected chi connectivity index (χ2v) is 12.3. The van der Waals surface area contributed by atoms with E-state index >= 15 is 0 Å². The number of sulfonamides is 1. The van der Waals surface area contributed by atoms with E-state index in [0.717, 1.165) is 37.9 Å². The Morgan fingerprint density at radius 3 is 2.09 bits per heavy atom. The van der Waals surface area contributed by atoms with Gasteiger partial charge in [0.05, 0.1) is 10.6 Å². The number of carbonyl (C=O) groups excluding carboxylic acids is 1. The third-order valence-electron chi connectivity index (χ3n) is 5.55. The first kappa shape index (κ1) is 25.2. The highest BCUT2D eigenvalue weighted by Gasteiger charge is 2.27. The summed E-state index contributed by atoms with van der Waals surface area (Å²) in [4.78, 5) is 15.3. The zero-order valence-corrected chi connectivity index (χ0v) is 20.4. The van der Waals surface area contributed by atoms with Crippen molar-refractivity contribution in [2.45, 2.75) is 43.0 Å². The number of nitrogens with one attached hydrogen (secondary N) is 2. The van der Waals surface area contributed by atoms with Crippen molar-refractivity contribution in [1.29, 1.82) is 0 Å². The van der Waals surface area contributed by atoms with Crippen molar-refractivity contribution >= 4 is 37.1 Å². The summed E-state index contributed by atoms with van der Waals surface area (Å²) in [7, 11) is -7.39. The molecule has 33 heavy (non-hydrogen) atoms. The minimum absolute atomic E-state index is 0.00367. The lowest BCUT2D eigenvalue weighted by Crippen LogP contribution is -2.44. The molecule has 2 N–H and O–H groups in total. The molecule has 1 amide bonds. The lowest BCUT2D eigenvalue weighted by atomic mass is 10.2. The van der Waals surface area contributed by atoms with Crippen molar-refractivity contribution in [2.75, 3.05) is 35.3 Å². The highest BCUT2D eigenvalue weighted by atomic mass is 32.2. The molecule has 1 fully saturated rings.